The molecule has 41 heavy (non-hydrogen) atoms. The third kappa shape index (κ3) is 4.38. The van der Waals surface area contributed by atoms with Crippen molar-refractivity contribution in [2.24, 2.45) is 11.8 Å². The SMILES string of the molecule is CCCNC(=O)[C@H]1[C@H]2C(=O)N([C@@H](CO)Cc3ccccc3)C(C(=O)NCn3nnc4ccccc43)C23CC[C@]1(C)O3. The van der Waals surface area contributed by atoms with Crippen LogP contribution in [0, 0.1) is 11.8 Å². The monoisotopic (exact) mass is 560 g/mol. The zero-order valence-corrected chi connectivity index (χ0v) is 23.3. The number of para-hydroxylation sites is 1. The lowest BCUT2D eigenvalue weighted by Gasteiger charge is -2.37. The van der Waals surface area contributed by atoms with Gasteiger partial charge in [-0.2, -0.15) is 0 Å². The van der Waals surface area contributed by atoms with Crippen molar-refractivity contribution in [2.75, 3.05) is 13.2 Å². The molecule has 3 N–H and O–H groups in total. The second-order valence-corrected chi connectivity index (χ2v) is 11.6. The molecule has 6 rings (SSSR count). The first-order valence-electron chi connectivity index (χ1n) is 14.3. The molecule has 3 saturated heterocycles. The van der Waals surface area contributed by atoms with Crippen molar-refractivity contribution in [1.29, 1.82) is 0 Å². The molecule has 2 unspecified atom stereocenters. The molecule has 3 aromatic rings. The van der Waals surface area contributed by atoms with Gasteiger partial charge in [-0.05, 0) is 50.3 Å². The number of amides is 3. The Hall–Kier alpha value is -3.83. The van der Waals surface area contributed by atoms with E-state index >= 15 is 0 Å². The molecule has 3 amide bonds. The van der Waals surface area contributed by atoms with Gasteiger partial charge in [0, 0.05) is 6.54 Å². The van der Waals surface area contributed by atoms with Gasteiger partial charge in [0.25, 0.3) is 0 Å². The van der Waals surface area contributed by atoms with E-state index in [0.717, 1.165) is 17.5 Å². The number of nitrogens with one attached hydrogen (secondary N) is 2. The van der Waals surface area contributed by atoms with Gasteiger partial charge in [0.15, 0.2) is 0 Å². The molecule has 0 saturated carbocycles. The van der Waals surface area contributed by atoms with E-state index in [4.69, 9.17) is 4.74 Å². The number of benzene rings is 2. The van der Waals surface area contributed by atoms with Crippen LogP contribution in [0.2, 0.25) is 0 Å². The Labute approximate surface area is 238 Å². The minimum absolute atomic E-state index is 0.0405. The van der Waals surface area contributed by atoms with Gasteiger partial charge in [-0.3, -0.25) is 14.4 Å². The average Bonchev–Trinajstić information content (AvgIpc) is 3.69. The first-order valence-corrected chi connectivity index (χ1v) is 14.3. The summed E-state index contributed by atoms with van der Waals surface area (Å²) in [6.07, 6.45) is 2.13. The third-order valence-corrected chi connectivity index (χ3v) is 9.04. The van der Waals surface area contributed by atoms with Crippen LogP contribution in [0.15, 0.2) is 54.6 Å². The molecule has 11 heteroatoms. The highest BCUT2D eigenvalue weighted by Gasteiger charge is 2.78. The number of rotatable bonds is 10. The minimum atomic E-state index is -1.18. The number of hydrogen-bond acceptors (Lipinski definition) is 7. The van der Waals surface area contributed by atoms with Crippen LogP contribution >= 0.6 is 0 Å². The van der Waals surface area contributed by atoms with Crippen LogP contribution in [-0.4, -0.2) is 79.2 Å². The average molecular weight is 561 g/mol. The molecule has 2 aromatic carbocycles. The molecule has 6 atom stereocenters. The lowest BCUT2D eigenvalue weighted by Crippen LogP contribution is -2.58. The summed E-state index contributed by atoms with van der Waals surface area (Å²) in [4.78, 5) is 43.5. The number of nitrogens with zero attached hydrogens (tertiary/aromatic N) is 4. The molecule has 2 bridgehead atoms. The normalized spacial score (nSPS) is 29.1. The summed E-state index contributed by atoms with van der Waals surface area (Å²) >= 11 is 0. The van der Waals surface area contributed by atoms with Gasteiger partial charge >= 0.3 is 0 Å². The number of ether oxygens (including phenoxy) is 1. The largest absolute Gasteiger partial charge is 0.394 e. The Balaban J connectivity index is 1.36. The predicted octanol–water partition coefficient (Wildman–Crippen LogP) is 1.40. The van der Waals surface area contributed by atoms with Gasteiger partial charge < -0.3 is 25.4 Å². The Morgan fingerprint density at radius 2 is 1.85 bits per heavy atom. The number of aromatic nitrogens is 3. The van der Waals surface area contributed by atoms with Crippen molar-refractivity contribution in [2.45, 2.75) is 69.5 Å². The van der Waals surface area contributed by atoms with E-state index in [2.05, 4.69) is 20.9 Å². The van der Waals surface area contributed by atoms with Crippen molar-refractivity contribution < 1.29 is 24.2 Å². The van der Waals surface area contributed by atoms with Gasteiger partial charge in [0.2, 0.25) is 17.7 Å². The van der Waals surface area contributed by atoms with E-state index in [9.17, 15) is 19.5 Å². The zero-order chi connectivity index (χ0) is 28.8. The predicted molar refractivity (Wildman–Crippen MR) is 149 cm³/mol. The van der Waals surface area contributed by atoms with Gasteiger partial charge in [0.1, 0.15) is 23.8 Å². The van der Waals surface area contributed by atoms with Crippen molar-refractivity contribution in [3.8, 4) is 0 Å². The first-order chi connectivity index (χ1) is 19.8. The second-order valence-electron chi connectivity index (χ2n) is 11.6. The highest BCUT2D eigenvalue weighted by molar-refractivity contribution is 5.99. The highest BCUT2D eigenvalue weighted by atomic mass is 16.5. The lowest BCUT2D eigenvalue weighted by molar-refractivity contribution is -0.149. The van der Waals surface area contributed by atoms with E-state index in [1.165, 1.54) is 4.90 Å². The quantitative estimate of drug-likeness (QED) is 0.341. The molecule has 1 aromatic heterocycles. The topological polar surface area (TPSA) is 139 Å². The van der Waals surface area contributed by atoms with E-state index < -0.39 is 41.0 Å². The fraction of sp³-hybridized carbons (Fsp3) is 0.500. The van der Waals surface area contributed by atoms with E-state index in [-0.39, 0.29) is 25.1 Å². The second kappa shape index (κ2) is 10.5. The molecule has 216 valence electrons. The summed E-state index contributed by atoms with van der Waals surface area (Å²) in [6, 6.07) is 15.3. The lowest BCUT2D eigenvalue weighted by atomic mass is 9.66. The number of carbonyl (C=O) groups is 3. The van der Waals surface area contributed by atoms with Crippen LogP contribution < -0.4 is 10.6 Å². The maximum atomic E-state index is 14.4. The number of likely N-dealkylation sites (tertiary alicyclic amines) is 1. The molecule has 3 aliphatic rings. The summed E-state index contributed by atoms with van der Waals surface area (Å²) in [5, 5.41) is 24.8. The molecule has 3 aliphatic heterocycles. The maximum absolute atomic E-state index is 14.4. The number of carbonyl (C=O) groups excluding carboxylic acids is 3. The molecule has 3 fully saturated rings. The van der Waals surface area contributed by atoms with Crippen LogP contribution in [0.4, 0.5) is 0 Å². The number of aliphatic hydroxyl groups is 1. The Morgan fingerprint density at radius 3 is 2.61 bits per heavy atom. The number of fused-ring (bicyclic) bond motifs is 2. The molecule has 1 spiro atoms. The van der Waals surface area contributed by atoms with Crippen LogP contribution in [0.3, 0.4) is 0 Å². The fourth-order valence-corrected chi connectivity index (χ4v) is 7.24. The molecule has 0 radical (unpaired) electrons. The van der Waals surface area contributed by atoms with Crippen LogP contribution in [0.1, 0.15) is 38.7 Å². The van der Waals surface area contributed by atoms with Crippen molar-refractivity contribution in [3.63, 3.8) is 0 Å². The number of hydrogen-bond donors (Lipinski definition) is 3. The van der Waals surface area contributed by atoms with Gasteiger partial charge in [-0.1, -0.05) is 54.6 Å². The smallest absolute Gasteiger partial charge is 0.247 e. The molecule has 0 aliphatic carbocycles. The molecular formula is C30H36N6O5. The standard InChI is InChI=1S/C30H36N6O5/c1-3-15-31-26(38)23-24-28(40)36(20(17-37)16-19-9-5-4-6-10-19)25(30(24)14-13-29(23,2)41-30)27(39)32-18-35-22-12-8-7-11-21(22)33-34-35/h4-12,20,23-25,37H,3,13-18H2,1-2H3,(H,31,38)(H,32,39)/t20-,23-,24+,25?,29+,30?/m1/s1. The molecule has 11 nitrogen and oxygen atoms in total. The van der Waals surface area contributed by atoms with Crippen molar-refractivity contribution in [3.05, 3.63) is 60.2 Å². The minimum Gasteiger partial charge on any atom is -0.394 e. The summed E-state index contributed by atoms with van der Waals surface area (Å²) < 4.78 is 8.26. The Morgan fingerprint density at radius 1 is 1.10 bits per heavy atom. The van der Waals surface area contributed by atoms with E-state index in [0.29, 0.717) is 31.3 Å². The Bertz CT molecular complexity index is 1460. The summed E-state index contributed by atoms with van der Waals surface area (Å²) in [6.45, 7) is 4.03. The van der Waals surface area contributed by atoms with Gasteiger partial charge in [0.05, 0.1) is 35.6 Å². The van der Waals surface area contributed by atoms with Crippen molar-refractivity contribution >= 4 is 28.8 Å². The van der Waals surface area contributed by atoms with E-state index in [1.54, 1.807) is 4.68 Å². The highest BCUT2D eigenvalue weighted by Crippen LogP contribution is 2.63. The Kier molecular flexibility index (Phi) is 7.03. The summed E-state index contributed by atoms with van der Waals surface area (Å²) in [5.41, 5.74) is 0.348. The van der Waals surface area contributed by atoms with Crippen LogP contribution in [0.5, 0.6) is 0 Å². The summed E-state index contributed by atoms with van der Waals surface area (Å²) in [7, 11) is 0. The van der Waals surface area contributed by atoms with Crippen molar-refractivity contribution in [1.82, 2.24) is 30.5 Å². The third-order valence-electron chi connectivity index (χ3n) is 9.04. The first kappa shape index (κ1) is 27.3. The maximum Gasteiger partial charge on any atom is 0.247 e. The van der Waals surface area contributed by atoms with Gasteiger partial charge in [-0.15, -0.1) is 5.10 Å². The summed E-state index contributed by atoms with van der Waals surface area (Å²) in [5.74, 6) is -2.53. The molecule has 4 heterocycles. The number of aliphatic hydroxyl groups excluding tert-OH is 1. The fourth-order valence-electron chi connectivity index (χ4n) is 7.24. The van der Waals surface area contributed by atoms with Crippen LogP contribution in [0.25, 0.3) is 11.0 Å². The van der Waals surface area contributed by atoms with E-state index in [1.807, 2.05) is 68.4 Å². The molecular weight excluding hydrogens is 524 g/mol. The van der Waals surface area contributed by atoms with Gasteiger partial charge in [-0.25, -0.2) is 4.68 Å². The zero-order valence-electron chi connectivity index (χ0n) is 23.3. The van der Waals surface area contributed by atoms with Crippen LogP contribution in [-0.2, 0) is 32.2 Å².